The molecule has 1 amide bonds. The molecule has 0 aliphatic heterocycles. The molecule has 114 valence electrons. The van der Waals surface area contributed by atoms with E-state index in [1.54, 1.807) is 6.07 Å². The Kier molecular flexibility index (Phi) is 5.36. The van der Waals surface area contributed by atoms with Crippen LogP contribution in [0.25, 0.3) is 0 Å². The molecular weight excluding hydrogens is 336 g/mol. The van der Waals surface area contributed by atoms with Crippen molar-refractivity contribution in [2.75, 3.05) is 11.9 Å². The fraction of sp³-hybridized carbons (Fsp3) is 0.467. The van der Waals surface area contributed by atoms with Gasteiger partial charge in [-0.15, -0.1) is 0 Å². The van der Waals surface area contributed by atoms with Gasteiger partial charge in [-0.2, -0.15) is 0 Å². The van der Waals surface area contributed by atoms with Crippen LogP contribution in [0.15, 0.2) is 22.7 Å². The van der Waals surface area contributed by atoms with Crippen molar-refractivity contribution in [3.05, 3.63) is 28.2 Å². The zero-order chi connectivity index (χ0) is 15.4. The van der Waals surface area contributed by atoms with E-state index in [9.17, 15) is 9.59 Å². The third-order valence-corrected chi connectivity index (χ3v) is 4.71. The summed E-state index contributed by atoms with van der Waals surface area (Å²) in [5.74, 6) is -0.979. The Morgan fingerprint density at radius 1 is 1.33 bits per heavy atom. The molecule has 1 aromatic carbocycles. The van der Waals surface area contributed by atoms with E-state index in [0.717, 1.165) is 25.7 Å². The summed E-state index contributed by atoms with van der Waals surface area (Å²) in [6.07, 6.45) is 3.96. The van der Waals surface area contributed by atoms with Crippen molar-refractivity contribution in [1.82, 2.24) is 0 Å². The molecule has 2 atom stereocenters. The highest BCUT2D eigenvalue weighted by molar-refractivity contribution is 9.10. The predicted octanol–water partition coefficient (Wildman–Crippen LogP) is 2.85. The standard InChI is InChI=1S/C15H19BrN2O3/c16-12-6-5-9(15(20)21)7-13(12)18-14(19)11-4-2-1-3-10(11)8-17/h5-7,10-11H,1-4,8,17H2,(H,18,19)(H,20,21). The maximum atomic E-state index is 12.4. The minimum atomic E-state index is -1.02. The first-order valence-electron chi connectivity index (χ1n) is 7.06. The molecule has 1 fully saturated rings. The molecule has 0 spiro atoms. The van der Waals surface area contributed by atoms with Crippen LogP contribution in [-0.4, -0.2) is 23.5 Å². The summed E-state index contributed by atoms with van der Waals surface area (Å²) in [4.78, 5) is 23.4. The van der Waals surface area contributed by atoms with Crippen LogP contribution in [-0.2, 0) is 4.79 Å². The first kappa shape index (κ1) is 16.0. The van der Waals surface area contributed by atoms with Gasteiger partial charge in [-0.3, -0.25) is 4.79 Å². The highest BCUT2D eigenvalue weighted by Crippen LogP contribution is 2.31. The summed E-state index contributed by atoms with van der Waals surface area (Å²) >= 11 is 3.33. The van der Waals surface area contributed by atoms with Gasteiger partial charge in [-0.05, 0) is 59.4 Å². The largest absolute Gasteiger partial charge is 0.478 e. The van der Waals surface area contributed by atoms with Gasteiger partial charge in [0.2, 0.25) is 5.91 Å². The van der Waals surface area contributed by atoms with E-state index >= 15 is 0 Å². The zero-order valence-corrected chi connectivity index (χ0v) is 13.2. The summed E-state index contributed by atoms with van der Waals surface area (Å²) in [6, 6.07) is 4.58. The van der Waals surface area contributed by atoms with Crippen molar-refractivity contribution in [1.29, 1.82) is 0 Å². The highest BCUT2D eigenvalue weighted by Gasteiger charge is 2.30. The lowest BCUT2D eigenvalue weighted by Crippen LogP contribution is -2.35. The normalized spacial score (nSPS) is 21.8. The second-order valence-electron chi connectivity index (χ2n) is 5.38. The summed E-state index contributed by atoms with van der Waals surface area (Å²) in [7, 11) is 0. The number of carbonyl (C=O) groups excluding carboxylic acids is 1. The lowest BCUT2D eigenvalue weighted by Gasteiger charge is -2.29. The van der Waals surface area contributed by atoms with E-state index in [1.807, 2.05) is 0 Å². The van der Waals surface area contributed by atoms with Crippen molar-refractivity contribution < 1.29 is 14.7 Å². The van der Waals surface area contributed by atoms with Gasteiger partial charge in [-0.1, -0.05) is 12.8 Å². The van der Waals surface area contributed by atoms with E-state index in [2.05, 4.69) is 21.2 Å². The van der Waals surface area contributed by atoms with E-state index in [4.69, 9.17) is 10.8 Å². The second kappa shape index (κ2) is 7.04. The van der Waals surface area contributed by atoms with Gasteiger partial charge >= 0.3 is 5.97 Å². The highest BCUT2D eigenvalue weighted by atomic mass is 79.9. The monoisotopic (exact) mass is 354 g/mol. The molecule has 4 N–H and O–H groups in total. The summed E-state index contributed by atoms with van der Waals surface area (Å²) in [5, 5.41) is 11.9. The summed E-state index contributed by atoms with van der Waals surface area (Å²) in [6.45, 7) is 0.508. The van der Waals surface area contributed by atoms with Gasteiger partial charge in [0.15, 0.2) is 0 Å². The number of nitrogens with one attached hydrogen (secondary N) is 1. The van der Waals surface area contributed by atoms with Crippen LogP contribution < -0.4 is 11.1 Å². The maximum absolute atomic E-state index is 12.4. The number of benzene rings is 1. The fourth-order valence-corrected chi connectivity index (χ4v) is 3.16. The van der Waals surface area contributed by atoms with Crippen LogP contribution >= 0.6 is 15.9 Å². The Morgan fingerprint density at radius 2 is 2.05 bits per heavy atom. The van der Waals surface area contributed by atoms with Crippen LogP contribution in [0.2, 0.25) is 0 Å². The van der Waals surface area contributed by atoms with Crippen molar-refractivity contribution in [2.24, 2.45) is 17.6 Å². The molecule has 6 heteroatoms. The number of carboxylic acids is 1. The third kappa shape index (κ3) is 3.83. The number of amides is 1. The molecule has 0 heterocycles. The SMILES string of the molecule is NCC1CCCCC1C(=O)Nc1cc(C(=O)O)ccc1Br. The fourth-order valence-electron chi connectivity index (χ4n) is 2.81. The first-order valence-corrected chi connectivity index (χ1v) is 7.86. The van der Waals surface area contributed by atoms with Crippen LogP contribution in [0.3, 0.4) is 0 Å². The topological polar surface area (TPSA) is 92.4 Å². The molecular formula is C15H19BrN2O3. The Hall–Kier alpha value is -1.40. The Bertz CT molecular complexity index is 548. The minimum absolute atomic E-state index is 0.0756. The summed E-state index contributed by atoms with van der Waals surface area (Å²) < 4.78 is 0.668. The molecule has 1 aromatic rings. The average Bonchev–Trinajstić information content (AvgIpc) is 2.49. The summed E-state index contributed by atoms with van der Waals surface area (Å²) in [5.41, 5.74) is 6.38. The molecule has 1 aliphatic carbocycles. The first-order chi connectivity index (χ1) is 10.0. The Labute approximate surface area is 132 Å². The molecule has 0 bridgehead atoms. The van der Waals surface area contributed by atoms with Gasteiger partial charge in [0, 0.05) is 10.4 Å². The van der Waals surface area contributed by atoms with Gasteiger partial charge in [0.25, 0.3) is 0 Å². The number of rotatable bonds is 4. The lowest BCUT2D eigenvalue weighted by atomic mass is 9.78. The van der Waals surface area contributed by atoms with E-state index < -0.39 is 5.97 Å². The Balaban J connectivity index is 2.15. The molecule has 0 radical (unpaired) electrons. The number of anilines is 1. The van der Waals surface area contributed by atoms with Crippen molar-refractivity contribution in [3.8, 4) is 0 Å². The second-order valence-corrected chi connectivity index (χ2v) is 6.23. The van der Waals surface area contributed by atoms with Crippen LogP contribution in [0.4, 0.5) is 5.69 Å². The number of hydrogen-bond acceptors (Lipinski definition) is 3. The number of halogens is 1. The molecule has 2 unspecified atom stereocenters. The average molecular weight is 355 g/mol. The smallest absolute Gasteiger partial charge is 0.335 e. The van der Waals surface area contributed by atoms with E-state index in [1.165, 1.54) is 12.1 Å². The Morgan fingerprint density at radius 3 is 2.71 bits per heavy atom. The molecule has 21 heavy (non-hydrogen) atoms. The zero-order valence-electron chi connectivity index (χ0n) is 11.6. The number of hydrogen-bond donors (Lipinski definition) is 3. The third-order valence-electron chi connectivity index (χ3n) is 4.02. The number of aromatic carboxylic acids is 1. The molecule has 5 nitrogen and oxygen atoms in total. The van der Waals surface area contributed by atoms with Crippen LogP contribution in [0, 0.1) is 11.8 Å². The minimum Gasteiger partial charge on any atom is -0.478 e. The van der Waals surface area contributed by atoms with Gasteiger partial charge < -0.3 is 16.2 Å². The molecule has 1 saturated carbocycles. The van der Waals surface area contributed by atoms with E-state index in [0.29, 0.717) is 16.7 Å². The van der Waals surface area contributed by atoms with Crippen LogP contribution in [0.5, 0.6) is 0 Å². The number of carbonyl (C=O) groups is 2. The maximum Gasteiger partial charge on any atom is 0.335 e. The van der Waals surface area contributed by atoms with Gasteiger partial charge in [-0.25, -0.2) is 4.79 Å². The molecule has 0 aromatic heterocycles. The van der Waals surface area contributed by atoms with Crippen molar-refractivity contribution in [2.45, 2.75) is 25.7 Å². The molecule has 2 rings (SSSR count). The van der Waals surface area contributed by atoms with Crippen molar-refractivity contribution >= 4 is 33.5 Å². The number of carboxylic acid groups (broad SMARTS) is 1. The van der Waals surface area contributed by atoms with Gasteiger partial charge in [0.05, 0.1) is 11.3 Å². The van der Waals surface area contributed by atoms with Gasteiger partial charge in [0.1, 0.15) is 0 Å². The van der Waals surface area contributed by atoms with E-state index in [-0.39, 0.29) is 23.3 Å². The molecule has 1 aliphatic rings. The predicted molar refractivity (Wildman–Crippen MR) is 84.2 cm³/mol. The molecule has 0 saturated heterocycles. The quantitative estimate of drug-likeness (QED) is 0.774. The van der Waals surface area contributed by atoms with Crippen molar-refractivity contribution in [3.63, 3.8) is 0 Å². The van der Waals surface area contributed by atoms with Crippen LogP contribution in [0.1, 0.15) is 36.0 Å². The number of nitrogens with two attached hydrogens (primary N) is 1. The lowest BCUT2D eigenvalue weighted by molar-refractivity contribution is -0.122.